The number of hydrogen-bond acceptors (Lipinski definition) is 5. The second-order valence-corrected chi connectivity index (χ2v) is 9.35. The van der Waals surface area contributed by atoms with Crippen LogP contribution < -0.4 is 5.32 Å². The van der Waals surface area contributed by atoms with E-state index < -0.39 is 11.2 Å². The van der Waals surface area contributed by atoms with Crippen LogP contribution in [0.5, 0.6) is 0 Å². The van der Waals surface area contributed by atoms with E-state index in [4.69, 9.17) is 5.26 Å². The van der Waals surface area contributed by atoms with Gasteiger partial charge in [-0.25, -0.2) is 9.37 Å². The largest absolute Gasteiger partial charge is 0.310 e. The van der Waals surface area contributed by atoms with E-state index in [9.17, 15) is 9.18 Å². The summed E-state index contributed by atoms with van der Waals surface area (Å²) in [5.41, 5.74) is 1.66. The van der Waals surface area contributed by atoms with Crippen molar-refractivity contribution < 1.29 is 9.18 Å². The predicted octanol–water partition coefficient (Wildman–Crippen LogP) is 4.69. The van der Waals surface area contributed by atoms with Crippen molar-refractivity contribution in [3.63, 3.8) is 0 Å². The molecule has 4 rings (SSSR count). The summed E-state index contributed by atoms with van der Waals surface area (Å²) in [7, 11) is 0. The van der Waals surface area contributed by atoms with Gasteiger partial charge in [0.1, 0.15) is 11.6 Å². The lowest BCUT2D eigenvalue weighted by atomic mass is 9.80. The second kappa shape index (κ2) is 9.70. The van der Waals surface area contributed by atoms with Crippen LogP contribution in [0.2, 0.25) is 0 Å². The molecule has 0 unspecified atom stereocenters. The molecule has 0 spiro atoms. The average Bonchev–Trinajstić information content (AvgIpc) is 3.32. The Labute approximate surface area is 199 Å². The first-order valence-electron chi connectivity index (χ1n) is 11.4. The molecule has 3 aromatic rings. The summed E-state index contributed by atoms with van der Waals surface area (Å²) in [4.78, 5) is 24.5. The van der Waals surface area contributed by atoms with Gasteiger partial charge in [0.05, 0.1) is 34.5 Å². The molecule has 174 valence electrons. The first kappa shape index (κ1) is 23.5. The van der Waals surface area contributed by atoms with Crippen LogP contribution in [-0.2, 0) is 16.8 Å². The lowest BCUT2D eigenvalue weighted by molar-refractivity contribution is -0.125. The molecule has 0 bridgehead atoms. The van der Waals surface area contributed by atoms with Gasteiger partial charge >= 0.3 is 0 Å². The Morgan fingerprint density at radius 2 is 1.97 bits per heavy atom. The molecule has 0 aliphatic carbocycles. The van der Waals surface area contributed by atoms with Gasteiger partial charge < -0.3 is 5.32 Å². The van der Waals surface area contributed by atoms with Gasteiger partial charge in [-0.05, 0) is 75.1 Å². The fourth-order valence-electron chi connectivity index (χ4n) is 4.57. The number of nitrogens with one attached hydrogen (secondary N) is 1. The number of aromatic nitrogens is 2. The molecule has 1 atom stereocenters. The molecule has 1 aliphatic rings. The topological polar surface area (TPSA) is 81.9 Å². The number of carbonyl (C=O) groups is 1. The molecular formula is C27H28FN5O. The zero-order valence-corrected chi connectivity index (χ0v) is 19.5. The van der Waals surface area contributed by atoms with E-state index in [1.54, 1.807) is 18.3 Å². The maximum atomic E-state index is 13.6. The Morgan fingerprint density at radius 1 is 1.18 bits per heavy atom. The smallest absolute Gasteiger partial charge is 0.233 e. The van der Waals surface area contributed by atoms with Gasteiger partial charge in [-0.1, -0.05) is 18.2 Å². The maximum absolute atomic E-state index is 13.6. The summed E-state index contributed by atoms with van der Waals surface area (Å²) >= 11 is 0. The molecule has 2 aromatic heterocycles. The van der Waals surface area contributed by atoms with Crippen molar-refractivity contribution in [1.82, 2.24) is 14.9 Å². The molecule has 1 amide bonds. The lowest BCUT2D eigenvalue weighted by Crippen LogP contribution is -2.45. The monoisotopic (exact) mass is 457 g/mol. The maximum Gasteiger partial charge on any atom is 0.233 e. The van der Waals surface area contributed by atoms with E-state index in [1.807, 2.05) is 30.3 Å². The third kappa shape index (κ3) is 4.97. The van der Waals surface area contributed by atoms with E-state index in [2.05, 4.69) is 40.1 Å². The van der Waals surface area contributed by atoms with Crippen LogP contribution in [0.15, 0.2) is 67.0 Å². The Morgan fingerprint density at radius 3 is 2.62 bits per heavy atom. The molecule has 1 aromatic carbocycles. The highest BCUT2D eigenvalue weighted by atomic mass is 19.1. The molecule has 7 heteroatoms. The Bertz CT molecular complexity index is 1170. The highest BCUT2D eigenvalue weighted by Gasteiger charge is 2.48. The number of pyridine rings is 2. The van der Waals surface area contributed by atoms with Crippen molar-refractivity contribution in [2.45, 2.75) is 38.6 Å². The average molecular weight is 458 g/mol. The van der Waals surface area contributed by atoms with Crippen LogP contribution in [-0.4, -0.2) is 33.9 Å². The lowest BCUT2D eigenvalue weighted by Gasteiger charge is -2.37. The van der Waals surface area contributed by atoms with Gasteiger partial charge in [-0.15, -0.1) is 0 Å². The van der Waals surface area contributed by atoms with Crippen molar-refractivity contribution in [3.05, 3.63) is 89.6 Å². The first-order valence-corrected chi connectivity index (χ1v) is 11.4. The highest BCUT2D eigenvalue weighted by molar-refractivity contribution is 5.95. The quantitative estimate of drug-likeness (QED) is 0.557. The zero-order valence-electron chi connectivity index (χ0n) is 19.5. The normalized spacial score (nSPS) is 18.4. The van der Waals surface area contributed by atoms with Crippen molar-refractivity contribution in [2.75, 3.05) is 18.4 Å². The molecule has 1 aliphatic heterocycles. The summed E-state index contributed by atoms with van der Waals surface area (Å²) in [6.07, 6.45) is 4.92. The molecule has 6 nitrogen and oxygen atoms in total. The van der Waals surface area contributed by atoms with Crippen LogP contribution in [0.25, 0.3) is 0 Å². The molecule has 0 radical (unpaired) electrons. The van der Waals surface area contributed by atoms with Crippen molar-refractivity contribution in [3.8, 4) is 6.07 Å². The van der Waals surface area contributed by atoms with Crippen LogP contribution in [0.4, 0.5) is 10.2 Å². The number of nitrogens with zero attached hydrogens (tertiary/aromatic N) is 4. The first-order chi connectivity index (χ1) is 16.3. The number of halogens is 1. The Balaban J connectivity index is 1.57. The summed E-state index contributed by atoms with van der Waals surface area (Å²) in [5.74, 6) is -0.219. The van der Waals surface area contributed by atoms with E-state index >= 15 is 0 Å². The number of anilines is 1. The number of rotatable bonds is 7. The molecular weight excluding hydrogens is 429 g/mol. The van der Waals surface area contributed by atoms with Crippen LogP contribution in [0.1, 0.15) is 43.5 Å². The number of carbonyl (C=O) groups excluding carboxylic acids is 1. The van der Waals surface area contributed by atoms with Crippen molar-refractivity contribution >= 4 is 11.7 Å². The van der Waals surface area contributed by atoms with Crippen molar-refractivity contribution in [1.29, 1.82) is 5.26 Å². The van der Waals surface area contributed by atoms with Crippen molar-refractivity contribution in [2.24, 2.45) is 5.41 Å². The summed E-state index contributed by atoms with van der Waals surface area (Å²) in [5, 5.41) is 12.0. The van der Waals surface area contributed by atoms with E-state index in [0.717, 1.165) is 24.0 Å². The number of nitriles is 1. The second-order valence-electron chi connectivity index (χ2n) is 9.35. The number of likely N-dealkylation sites (tertiary alicyclic amines) is 1. The van der Waals surface area contributed by atoms with E-state index in [1.165, 1.54) is 12.1 Å². The van der Waals surface area contributed by atoms with Gasteiger partial charge in [0.2, 0.25) is 5.91 Å². The zero-order chi connectivity index (χ0) is 24.2. The molecule has 34 heavy (non-hydrogen) atoms. The van der Waals surface area contributed by atoms with Gasteiger partial charge in [0, 0.05) is 19.3 Å². The summed E-state index contributed by atoms with van der Waals surface area (Å²) in [6, 6.07) is 18.3. The minimum atomic E-state index is -0.643. The fraction of sp³-hybridized carbons (Fsp3) is 0.333. The van der Waals surface area contributed by atoms with E-state index in [0.29, 0.717) is 37.2 Å². The summed E-state index contributed by atoms with van der Waals surface area (Å²) in [6.45, 7) is 5.58. The molecule has 1 saturated heterocycles. The van der Waals surface area contributed by atoms with E-state index in [-0.39, 0.29) is 11.4 Å². The number of benzene rings is 1. The van der Waals surface area contributed by atoms with Gasteiger partial charge in [0.25, 0.3) is 0 Å². The third-order valence-corrected chi connectivity index (χ3v) is 6.86. The Hall–Kier alpha value is -3.63. The predicted molar refractivity (Wildman–Crippen MR) is 128 cm³/mol. The molecule has 0 saturated carbocycles. The number of hydrogen-bond donors (Lipinski definition) is 1. The molecule has 1 fully saturated rings. The van der Waals surface area contributed by atoms with Crippen LogP contribution >= 0.6 is 0 Å². The summed E-state index contributed by atoms with van der Waals surface area (Å²) < 4.78 is 13.3. The third-order valence-electron chi connectivity index (χ3n) is 6.86. The number of aryl methyl sites for hydroxylation is 1. The molecule has 3 heterocycles. The molecule has 1 N–H and O–H groups in total. The highest BCUT2D eigenvalue weighted by Crippen LogP contribution is 2.42. The minimum absolute atomic E-state index is 0.112. The minimum Gasteiger partial charge on any atom is -0.310 e. The van der Waals surface area contributed by atoms with Gasteiger partial charge in [-0.2, -0.15) is 5.26 Å². The SMILES string of the molecule is CC(C)(c1ccccn1)N1CC[C@@](CCc2ccc(C#N)cc2)(C(=O)Nc2ccc(F)cn2)C1. The van der Waals surface area contributed by atoms with Crippen LogP contribution in [0, 0.1) is 22.6 Å². The standard InChI is InChI=1S/C27H28FN5O/c1-26(2,23-5-3-4-15-30-23)33-16-14-27(19-33,13-12-20-6-8-21(17-29)9-7-20)25(34)32-24-11-10-22(28)18-31-24/h3-11,15,18H,12-14,16,19H2,1-2H3,(H,31,32,34)/t27-/m1/s1. The van der Waals surface area contributed by atoms with Gasteiger partial charge in [0.15, 0.2) is 0 Å². The number of amides is 1. The van der Waals surface area contributed by atoms with Gasteiger partial charge in [-0.3, -0.25) is 14.7 Å². The van der Waals surface area contributed by atoms with Crippen LogP contribution in [0.3, 0.4) is 0 Å². The Kier molecular flexibility index (Phi) is 6.71. The fourth-order valence-corrected chi connectivity index (χ4v) is 4.57.